The minimum Gasteiger partial charge on any atom is -0.228 e. The van der Waals surface area contributed by atoms with Gasteiger partial charge in [0.05, 0.1) is 11.4 Å². The van der Waals surface area contributed by atoms with Crippen LogP contribution in [-0.4, -0.2) is 24.9 Å². The molecule has 61 heavy (non-hydrogen) atoms. The molecule has 5 nitrogen and oxygen atoms in total. The van der Waals surface area contributed by atoms with Gasteiger partial charge in [-0.25, -0.2) is 24.9 Å². The molecule has 0 saturated heterocycles. The van der Waals surface area contributed by atoms with Gasteiger partial charge in [-0.1, -0.05) is 201 Å². The minimum absolute atomic E-state index is 0.593. The van der Waals surface area contributed by atoms with Crippen molar-refractivity contribution in [3.8, 4) is 90.1 Å². The zero-order chi connectivity index (χ0) is 41.4. The second kappa shape index (κ2) is 17.8. The summed E-state index contributed by atoms with van der Waals surface area (Å²) in [7, 11) is 0. The number of aromatic nitrogens is 5. The molecular weight excluding hydrogens is 743 g/mol. The van der Waals surface area contributed by atoms with Crippen LogP contribution in [-0.2, 0) is 0 Å². The SMILES string of the molecule is C=C/C=C\C=C(/C)c1nc(-c2ccccc2)cc(-c2cccc(-c3cccc(-c4nc(-c5ccccc5)nc(-c5ccc(-c6ccccc6)c(-c6ccccc6)c5)n4)c3)c2)n1. The van der Waals surface area contributed by atoms with Crippen LogP contribution in [0.15, 0.2) is 225 Å². The predicted molar refractivity (Wildman–Crippen MR) is 252 cm³/mol. The maximum atomic E-state index is 5.17. The van der Waals surface area contributed by atoms with Crippen LogP contribution in [0.5, 0.6) is 0 Å². The van der Waals surface area contributed by atoms with Crippen LogP contribution in [0.3, 0.4) is 0 Å². The summed E-state index contributed by atoms with van der Waals surface area (Å²) in [6, 6.07) is 66.7. The Morgan fingerprint density at radius 3 is 1.39 bits per heavy atom. The second-order valence-electron chi connectivity index (χ2n) is 14.6. The highest BCUT2D eigenvalue weighted by atomic mass is 15.0. The first-order valence-electron chi connectivity index (χ1n) is 20.3. The molecule has 0 aliphatic heterocycles. The Kier molecular flexibility index (Phi) is 11.2. The average molecular weight is 784 g/mol. The molecule has 0 radical (unpaired) electrons. The van der Waals surface area contributed by atoms with Crippen molar-refractivity contribution >= 4 is 5.57 Å². The molecule has 2 heterocycles. The molecule has 0 unspecified atom stereocenters. The van der Waals surface area contributed by atoms with E-state index >= 15 is 0 Å². The number of hydrogen-bond donors (Lipinski definition) is 0. The fourth-order valence-corrected chi connectivity index (χ4v) is 7.34. The number of allylic oxidation sites excluding steroid dienone is 5. The first-order valence-corrected chi connectivity index (χ1v) is 20.3. The Bertz CT molecular complexity index is 3030. The minimum atomic E-state index is 0.593. The van der Waals surface area contributed by atoms with Crippen molar-refractivity contribution < 1.29 is 0 Å². The Balaban J connectivity index is 1.13. The van der Waals surface area contributed by atoms with Crippen LogP contribution in [0.2, 0.25) is 0 Å². The summed E-state index contributed by atoms with van der Waals surface area (Å²) in [5.41, 5.74) is 14.0. The highest BCUT2D eigenvalue weighted by Gasteiger charge is 2.17. The van der Waals surface area contributed by atoms with Gasteiger partial charge in [0.25, 0.3) is 0 Å². The van der Waals surface area contributed by atoms with E-state index in [0.717, 1.165) is 78.2 Å². The van der Waals surface area contributed by atoms with Gasteiger partial charge in [0.15, 0.2) is 23.3 Å². The van der Waals surface area contributed by atoms with Gasteiger partial charge in [-0.3, -0.25) is 0 Å². The zero-order valence-corrected chi connectivity index (χ0v) is 33.7. The molecule has 0 bridgehead atoms. The predicted octanol–water partition coefficient (Wildman–Crippen LogP) is 14.1. The molecular formula is C56H41N5. The molecule has 7 aromatic carbocycles. The van der Waals surface area contributed by atoms with Crippen LogP contribution < -0.4 is 0 Å². The Labute approximate surface area is 356 Å². The number of hydrogen-bond acceptors (Lipinski definition) is 5. The second-order valence-corrected chi connectivity index (χ2v) is 14.6. The van der Waals surface area contributed by atoms with E-state index < -0.39 is 0 Å². The van der Waals surface area contributed by atoms with Crippen molar-refractivity contribution in [3.63, 3.8) is 0 Å². The Morgan fingerprint density at radius 1 is 0.361 bits per heavy atom. The number of benzene rings is 7. The summed E-state index contributed by atoms with van der Waals surface area (Å²) in [5, 5.41) is 0. The maximum absolute atomic E-state index is 5.17. The van der Waals surface area contributed by atoms with E-state index in [-0.39, 0.29) is 0 Å². The van der Waals surface area contributed by atoms with Crippen LogP contribution in [0.4, 0.5) is 0 Å². The lowest BCUT2D eigenvalue weighted by atomic mass is 9.92. The molecule has 9 aromatic rings. The molecule has 0 spiro atoms. The molecule has 0 aliphatic carbocycles. The zero-order valence-electron chi connectivity index (χ0n) is 33.7. The van der Waals surface area contributed by atoms with Gasteiger partial charge in [0.1, 0.15) is 0 Å². The molecule has 290 valence electrons. The molecule has 0 fully saturated rings. The molecule has 0 amide bonds. The molecule has 0 atom stereocenters. The van der Waals surface area contributed by atoms with Crippen LogP contribution in [0, 0.1) is 0 Å². The molecule has 0 saturated carbocycles. The average Bonchev–Trinajstić information content (AvgIpc) is 3.34. The first kappa shape index (κ1) is 38.4. The molecule has 9 rings (SSSR count). The van der Waals surface area contributed by atoms with Crippen molar-refractivity contribution in [3.05, 3.63) is 231 Å². The van der Waals surface area contributed by atoms with Crippen molar-refractivity contribution in [1.29, 1.82) is 0 Å². The lowest BCUT2D eigenvalue weighted by Gasteiger charge is -2.14. The molecule has 2 aromatic heterocycles. The van der Waals surface area contributed by atoms with Crippen molar-refractivity contribution in [2.45, 2.75) is 6.92 Å². The lowest BCUT2D eigenvalue weighted by molar-refractivity contribution is 1.07. The fraction of sp³-hybridized carbons (Fsp3) is 0.0179. The summed E-state index contributed by atoms with van der Waals surface area (Å²) in [6.45, 7) is 5.82. The summed E-state index contributed by atoms with van der Waals surface area (Å²) in [5.74, 6) is 2.48. The third kappa shape index (κ3) is 8.68. The molecule has 0 N–H and O–H groups in total. The van der Waals surface area contributed by atoms with Gasteiger partial charge in [-0.15, -0.1) is 0 Å². The normalized spacial score (nSPS) is 11.5. The number of rotatable bonds is 11. The molecule has 5 heteroatoms. The summed E-state index contributed by atoms with van der Waals surface area (Å²) < 4.78 is 0. The van der Waals surface area contributed by atoms with Gasteiger partial charge < -0.3 is 0 Å². The Morgan fingerprint density at radius 2 is 0.803 bits per heavy atom. The molecule has 0 aliphatic rings. The van der Waals surface area contributed by atoms with Gasteiger partial charge in [-0.2, -0.15) is 0 Å². The van der Waals surface area contributed by atoms with Gasteiger partial charge >= 0.3 is 0 Å². The monoisotopic (exact) mass is 783 g/mol. The van der Waals surface area contributed by atoms with Gasteiger partial charge in [0.2, 0.25) is 0 Å². The van der Waals surface area contributed by atoms with Crippen molar-refractivity contribution in [1.82, 2.24) is 24.9 Å². The van der Waals surface area contributed by atoms with Crippen molar-refractivity contribution in [2.24, 2.45) is 0 Å². The lowest BCUT2D eigenvalue weighted by Crippen LogP contribution is -2.00. The van der Waals surface area contributed by atoms with E-state index in [2.05, 4.69) is 140 Å². The summed E-state index contributed by atoms with van der Waals surface area (Å²) in [4.78, 5) is 25.4. The third-order valence-electron chi connectivity index (χ3n) is 10.5. The first-order chi connectivity index (χ1) is 30.1. The van der Waals surface area contributed by atoms with Gasteiger partial charge in [-0.05, 0) is 70.1 Å². The van der Waals surface area contributed by atoms with E-state index in [0.29, 0.717) is 23.3 Å². The third-order valence-corrected chi connectivity index (χ3v) is 10.5. The smallest absolute Gasteiger partial charge is 0.164 e. The summed E-state index contributed by atoms with van der Waals surface area (Å²) in [6.07, 6.45) is 7.62. The number of nitrogens with zero attached hydrogens (tertiary/aromatic N) is 5. The van der Waals surface area contributed by atoms with E-state index in [1.54, 1.807) is 6.08 Å². The quantitative estimate of drug-likeness (QED) is 0.122. The van der Waals surface area contributed by atoms with Crippen LogP contribution in [0.25, 0.3) is 95.6 Å². The maximum Gasteiger partial charge on any atom is 0.164 e. The van der Waals surface area contributed by atoms with Gasteiger partial charge in [0, 0.05) is 27.8 Å². The largest absolute Gasteiger partial charge is 0.228 e. The topological polar surface area (TPSA) is 64.5 Å². The fourth-order valence-electron chi connectivity index (χ4n) is 7.34. The standard InChI is InChI=1S/C56H41N5/c1-3-4-9-20-39(2)53-57-51(42-25-14-7-15-26-42)38-52(58-53)46-31-18-29-44(35-46)45-30-19-32-47(36-45)55-59-54(43-27-16-8-17-28-43)60-56(61-55)48-33-34-49(40-21-10-5-11-22-40)50(37-48)41-23-12-6-13-24-41/h3-38H,1H2,2H3/b9-4-,39-20+. The van der Waals surface area contributed by atoms with Crippen LogP contribution >= 0.6 is 0 Å². The summed E-state index contributed by atoms with van der Waals surface area (Å²) >= 11 is 0. The van der Waals surface area contributed by atoms with Crippen LogP contribution in [0.1, 0.15) is 12.7 Å². The highest BCUT2D eigenvalue weighted by molar-refractivity contribution is 5.87. The van der Waals surface area contributed by atoms with Crippen molar-refractivity contribution in [2.75, 3.05) is 0 Å². The highest BCUT2D eigenvalue weighted by Crippen LogP contribution is 2.37. The van der Waals surface area contributed by atoms with E-state index in [1.807, 2.05) is 85.8 Å². The Hall–Kier alpha value is -8.15. The van der Waals surface area contributed by atoms with E-state index in [4.69, 9.17) is 24.9 Å². The van der Waals surface area contributed by atoms with E-state index in [9.17, 15) is 0 Å². The van der Waals surface area contributed by atoms with E-state index in [1.165, 1.54) is 0 Å².